The zero-order valence-corrected chi connectivity index (χ0v) is 17.2. The van der Waals surface area contributed by atoms with Gasteiger partial charge in [0.25, 0.3) is 5.91 Å². The summed E-state index contributed by atoms with van der Waals surface area (Å²) < 4.78 is 6.57. The average Bonchev–Trinajstić information content (AvgIpc) is 2.54. The topological polar surface area (TPSA) is 63.2 Å². The molecule has 1 amide bonds. The number of aromatic nitrogens is 1. The Balaban J connectivity index is 0.00000288. The lowest BCUT2D eigenvalue weighted by Crippen LogP contribution is -2.38. The zero-order chi connectivity index (χ0) is 16.7. The first kappa shape index (κ1) is 23.7. The lowest BCUT2D eigenvalue weighted by Gasteiger charge is -2.13. The third-order valence-electron chi connectivity index (χ3n) is 3.14. The van der Waals surface area contributed by atoms with Crippen molar-refractivity contribution < 1.29 is 9.53 Å². The number of carbonyl (C=O) groups is 1. The lowest BCUT2D eigenvalue weighted by atomic mass is 10.2. The fraction of sp³-hybridized carbons (Fsp3) is 0.294. The highest BCUT2D eigenvalue weighted by atomic mass is 79.9. The molecule has 1 aromatic heterocycles. The predicted octanol–water partition coefficient (Wildman–Crippen LogP) is 4.21. The fourth-order valence-corrected chi connectivity index (χ4v) is 2.37. The molecular formula is C17H22BrCl2N3O2. The Hall–Kier alpha value is -1.34. The minimum absolute atomic E-state index is 0. The molecule has 2 N–H and O–H groups in total. The summed E-state index contributed by atoms with van der Waals surface area (Å²) >= 11 is 3.39. The number of hydrogen-bond donors (Lipinski definition) is 2. The Kier molecular flexibility index (Phi) is 11.4. The van der Waals surface area contributed by atoms with Crippen LogP contribution in [0.2, 0.25) is 0 Å². The summed E-state index contributed by atoms with van der Waals surface area (Å²) in [4.78, 5) is 16.2. The number of hydrogen-bond acceptors (Lipinski definition) is 4. The van der Waals surface area contributed by atoms with E-state index in [1.54, 1.807) is 12.1 Å². The van der Waals surface area contributed by atoms with E-state index in [9.17, 15) is 4.79 Å². The summed E-state index contributed by atoms with van der Waals surface area (Å²) in [6.07, 6.45) is 1.51. The molecule has 1 aromatic carbocycles. The Morgan fingerprint density at radius 1 is 1.28 bits per heavy atom. The second-order valence-corrected chi connectivity index (χ2v) is 6.03. The summed E-state index contributed by atoms with van der Waals surface area (Å²) in [6, 6.07) is 11.1. The summed E-state index contributed by atoms with van der Waals surface area (Å²) in [5.74, 6) is 0.987. The number of pyridine rings is 1. The van der Waals surface area contributed by atoms with Crippen LogP contribution in [0.3, 0.4) is 0 Å². The van der Waals surface area contributed by atoms with Gasteiger partial charge in [0.15, 0.2) is 0 Å². The van der Waals surface area contributed by atoms with E-state index < -0.39 is 0 Å². The van der Waals surface area contributed by atoms with Crippen molar-refractivity contribution in [3.63, 3.8) is 0 Å². The molecule has 0 fully saturated rings. The molecule has 1 atom stereocenters. The van der Waals surface area contributed by atoms with E-state index in [-0.39, 0.29) is 36.8 Å². The van der Waals surface area contributed by atoms with Crippen molar-refractivity contribution in [1.82, 2.24) is 15.6 Å². The summed E-state index contributed by atoms with van der Waals surface area (Å²) in [5, 5.41) is 6.11. The first-order valence-electron chi connectivity index (χ1n) is 7.49. The van der Waals surface area contributed by atoms with Gasteiger partial charge in [-0.25, -0.2) is 4.98 Å². The highest BCUT2D eigenvalue weighted by Crippen LogP contribution is 2.22. The monoisotopic (exact) mass is 449 g/mol. The van der Waals surface area contributed by atoms with Gasteiger partial charge in [-0.15, -0.1) is 24.8 Å². The quantitative estimate of drug-likeness (QED) is 0.663. The molecule has 0 bridgehead atoms. The van der Waals surface area contributed by atoms with Crippen LogP contribution in [0, 0.1) is 0 Å². The third kappa shape index (κ3) is 8.05. The molecule has 5 nitrogen and oxygen atoms in total. The molecule has 0 saturated heterocycles. The Labute approximate surface area is 168 Å². The molecule has 0 aliphatic carbocycles. The van der Waals surface area contributed by atoms with Crippen molar-refractivity contribution in [2.45, 2.75) is 19.9 Å². The van der Waals surface area contributed by atoms with Crippen LogP contribution in [-0.4, -0.2) is 30.0 Å². The van der Waals surface area contributed by atoms with Gasteiger partial charge in [-0.1, -0.05) is 28.9 Å². The normalized spacial score (nSPS) is 10.8. The minimum Gasteiger partial charge on any atom is -0.439 e. The first-order chi connectivity index (χ1) is 11.1. The van der Waals surface area contributed by atoms with E-state index in [1.807, 2.05) is 38.1 Å². The van der Waals surface area contributed by atoms with Crippen molar-refractivity contribution >= 4 is 46.7 Å². The number of rotatable bonds is 7. The van der Waals surface area contributed by atoms with Crippen molar-refractivity contribution in [3.05, 3.63) is 52.6 Å². The maximum absolute atomic E-state index is 12.0. The van der Waals surface area contributed by atoms with Crippen molar-refractivity contribution in [2.75, 3.05) is 13.1 Å². The largest absolute Gasteiger partial charge is 0.439 e. The van der Waals surface area contributed by atoms with E-state index in [2.05, 4.69) is 31.5 Å². The van der Waals surface area contributed by atoms with Crippen LogP contribution >= 0.6 is 40.7 Å². The van der Waals surface area contributed by atoms with Crippen LogP contribution < -0.4 is 15.4 Å². The van der Waals surface area contributed by atoms with E-state index in [1.165, 1.54) is 6.20 Å². The van der Waals surface area contributed by atoms with Crippen LogP contribution in [0.4, 0.5) is 0 Å². The fourth-order valence-electron chi connectivity index (χ4n) is 1.99. The summed E-state index contributed by atoms with van der Waals surface area (Å²) in [6.45, 7) is 5.51. The molecule has 0 spiro atoms. The maximum Gasteiger partial charge on any atom is 0.252 e. The number of ether oxygens (including phenoxy) is 1. The number of benzene rings is 1. The number of halogens is 3. The highest BCUT2D eigenvalue weighted by Gasteiger charge is 2.08. The highest BCUT2D eigenvalue weighted by molar-refractivity contribution is 9.10. The molecule has 0 aliphatic rings. The van der Waals surface area contributed by atoms with E-state index in [0.717, 1.165) is 11.0 Å². The van der Waals surface area contributed by atoms with Crippen molar-refractivity contribution in [2.24, 2.45) is 0 Å². The molecule has 0 saturated carbocycles. The maximum atomic E-state index is 12.0. The smallest absolute Gasteiger partial charge is 0.252 e. The lowest BCUT2D eigenvalue weighted by molar-refractivity contribution is 0.0950. The minimum atomic E-state index is -0.142. The van der Waals surface area contributed by atoms with Gasteiger partial charge in [0, 0.05) is 29.3 Å². The zero-order valence-electron chi connectivity index (χ0n) is 14.0. The van der Waals surface area contributed by atoms with Crippen molar-refractivity contribution in [1.29, 1.82) is 0 Å². The molecule has 2 rings (SSSR count). The van der Waals surface area contributed by atoms with Crippen molar-refractivity contribution in [3.8, 4) is 11.6 Å². The number of nitrogens with zero attached hydrogens (tertiary/aromatic N) is 1. The number of amides is 1. The second kappa shape index (κ2) is 12.1. The Bertz CT molecular complexity index is 657. The van der Waals surface area contributed by atoms with E-state index in [0.29, 0.717) is 23.7 Å². The van der Waals surface area contributed by atoms with Crippen LogP contribution in [0.15, 0.2) is 47.1 Å². The molecule has 25 heavy (non-hydrogen) atoms. The predicted molar refractivity (Wildman–Crippen MR) is 108 cm³/mol. The van der Waals surface area contributed by atoms with Gasteiger partial charge < -0.3 is 15.4 Å². The SMILES string of the molecule is CCN[C@H](C)CNC(=O)c1ccc(Oc2cccc(Br)c2)nc1.Cl.Cl. The average molecular weight is 451 g/mol. The molecule has 138 valence electrons. The van der Waals surface area contributed by atoms with Crippen LogP contribution in [0.5, 0.6) is 11.6 Å². The standard InChI is InChI=1S/C17H20BrN3O2.2ClH/c1-3-19-12(2)10-21-17(22)13-7-8-16(20-11-13)23-15-6-4-5-14(18)9-15;;/h4-9,11-12,19H,3,10H2,1-2H3,(H,21,22);2*1H/t12-;;/m1../s1. The van der Waals surface area contributed by atoms with Gasteiger partial charge in [0.05, 0.1) is 5.56 Å². The Morgan fingerprint density at radius 3 is 2.64 bits per heavy atom. The summed E-state index contributed by atoms with van der Waals surface area (Å²) in [5.41, 5.74) is 0.510. The van der Waals surface area contributed by atoms with Crippen LogP contribution in [0.25, 0.3) is 0 Å². The van der Waals surface area contributed by atoms with Gasteiger partial charge >= 0.3 is 0 Å². The summed E-state index contributed by atoms with van der Waals surface area (Å²) in [7, 11) is 0. The van der Waals surface area contributed by atoms with Gasteiger partial charge in [0.1, 0.15) is 5.75 Å². The van der Waals surface area contributed by atoms with Gasteiger partial charge in [-0.2, -0.15) is 0 Å². The van der Waals surface area contributed by atoms with Crippen LogP contribution in [-0.2, 0) is 0 Å². The molecular weight excluding hydrogens is 429 g/mol. The molecule has 2 aromatic rings. The van der Waals surface area contributed by atoms with Gasteiger partial charge in [-0.05, 0) is 37.7 Å². The number of carbonyl (C=O) groups excluding carboxylic acids is 1. The number of nitrogens with one attached hydrogen (secondary N) is 2. The third-order valence-corrected chi connectivity index (χ3v) is 3.63. The molecule has 1 heterocycles. The van der Waals surface area contributed by atoms with Crippen LogP contribution in [0.1, 0.15) is 24.2 Å². The van der Waals surface area contributed by atoms with E-state index in [4.69, 9.17) is 4.74 Å². The molecule has 0 unspecified atom stereocenters. The van der Waals surface area contributed by atoms with Gasteiger partial charge in [-0.3, -0.25) is 4.79 Å². The first-order valence-corrected chi connectivity index (χ1v) is 8.29. The molecule has 0 aliphatic heterocycles. The molecule has 0 radical (unpaired) electrons. The Morgan fingerprint density at radius 2 is 2.04 bits per heavy atom. The van der Waals surface area contributed by atoms with E-state index >= 15 is 0 Å². The molecule has 8 heteroatoms. The number of likely N-dealkylation sites (N-methyl/N-ethyl adjacent to an activating group) is 1. The van der Waals surface area contributed by atoms with Gasteiger partial charge in [0.2, 0.25) is 5.88 Å². The second-order valence-electron chi connectivity index (χ2n) is 5.11.